The molecule has 1 aliphatic heterocycles. The molecular formula is C23H49NO5Si2. The van der Waals surface area contributed by atoms with Crippen molar-refractivity contribution >= 4 is 22.7 Å². The minimum absolute atomic E-state index is 0.0537. The fraction of sp³-hybridized carbons (Fsp3) is 0.957. The molecule has 1 N–H and O–H groups in total. The largest absolute Gasteiger partial charge is 0.444 e. The highest BCUT2D eigenvalue weighted by atomic mass is 28.4. The summed E-state index contributed by atoms with van der Waals surface area (Å²) in [5.41, 5.74) is -0.611. The predicted molar refractivity (Wildman–Crippen MR) is 133 cm³/mol. The molecule has 3 atom stereocenters. The van der Waals surface area contributed by atoms with Crippen LogP contribution < -0.4 is 0 Å². The molecule has 1 amide bonds. The summed E-state index contributed by atoms with van der Waals surface area (Å²) in [5.74, 6) is 0. The molecule has 0 aromatic carbocycles. The summed E-state index contributed by atoms with van der Waals surface area (Å²) in [7, 11) is -4.01. The summed E-state index contributed by atoms with van der Waals surface area (Å²) in [6.45, 7) is 28.2. The van der Waals surface area contributed by atoms with Gasteiger partial charge >= 0.3 is 6.09 Å². The maximum absolute atomic E-state index is 13.2. The molecule has 0 aliphatic carbocycles. The maximum Gasteiger partial charge on any atom is 0.411 e. The second kappa shape index (κ2) is 9.45. The first kappa shape index (κ1) is 28.6. The third-order valence-corrected chi connectivity index (χ3v) is 16.2. The number of amides is 1. The number of likely N-dealkylation sites (tertiary alicyclic amines) is 1. The zero-order valence-corrected chi connectivity index (χ0v) is 24.4. The highest BCUT2D eigenvalue weighted by molar-refractivity contribution is 6.74. The van der Waals surface area contributed by atoms with Crippen LogP contribution in [0.25, 0.3) is 0 Å². The molecule has 0 aromatic rings. The van der Waals surface area contributed by atoms with Gasteiger partial charge in [-0.25, -0.2) is 4.79 Å². The molecule has 184 valence electrons. The lowest BCUT2D eigenvalue weighted by molar-refractivity contribution is -0.00332. The summed E-state index contributed by atoms with van der Waals surface area (Å²) in [6, 6.07) is -0.663. The number of ether oxygens (including phenoxy) is 1. The average Bonchev–Trinajstić information content (AvgIpc) is 2.83. The van der Waals surface area contributed by atoms with Crippen molar-refractivity contribution in [2.45, 2.75) is 129 Å². The SMILES string of the molecule is CC(C)(C)OC(=O)N1[C@@H](CO[Si](C)(C)C(C)(C)C)CC(O)[C@H]1CO[Si](C)(C)C(C)(C)C. The number of hydrogen-bond acceptors (Lipinski definition) is 5. The zero-order chi connectivity index (χ0) is 24.6. The summed E-state index contributed by atoms with van der Waals surface area (Å²) in [5, 5.41) is 11.0. The van der Waals surface area contributed by atoms with Crippen LogP contribution in [0, 0.1) is 0 Å². The van der Waals surface area contributed by atoms with E-state index >= 15 is 0 Å². The van der Waals surface area contributed by atoms with Crippen LogP contribution in [0.2, 0.25) is 36.3 Å². The van der Waals surface area contributed by atoms with Gasteiger partial charge in [0, 0.05) is 0 Å². The van der Waals surface area contributed by atoms with Gasteiger partial charge in [-0.05, 0) is 63.5 Å². The van der Waals surface area contributed by atoms with Crippen molar-refractivity contribution in [1.82, 2.24) is 4.90 Å². The molecule has 1 rings (SSSR count). The summed E-state index contributed by atoms with van der Waals surface area (Å²) < 4.78 is 18.6. The zero-order valence-electron chi connectivity index (χ0n) is 22.4. The van der Waals surface area contributed by atoms with Crippen LogP contribution in [0.4, 0.5) is 4.79 Å². The van der Waals surface area contributed by atoms with Gasteiger partial charge in [0.2, 0.25) is 0 Å². The summed E-state index contributed by atoms with van der Waals surface area (Å²) in [6.07, 6.45) is -0.596. The Morgan fingerprint density at radius 1 is 0.871 bits per heavy atom. The van der Waals surface area contributed by atoms with Gasteiger partial charge in [-0.2, -0.15) is 0 Å². The topological polar surface area (TPSA) is 68.2 Å². The fourth-order valence-electron chi connectivity index (χ4n) is 2.98. The van der Waals surface area contributed by atoms with Gasteiger partial charge in [0.25, 0.3) is 0 Å². The Hall–Kier alpha value is -0.416. The minimum atomic E-state index is -2.02. The first-order valence-electron chi connectivity index (χ1n) is 11.6. The second-order valence-electron chi connectivity index (χ2n) is 13.1. The average molecular weight is 476 g/mol. The summed E-state index contributed by atoms with van der Waals surface area (Å²) >= 11 is 0. The summed E-state index contributed by atoms with van der Waals surface area (Å²) in [4.78, 5) is 14.9. The number of nitrogens with zero attached hydrogens (tertiary/aromatic N) is 1. The Labute approximate surface area is 193 Å². The quantitative estimate of drug-likeness (QED) is 0.494. The number of aliphatic hydroxyl groups is 1. The highest BCUT2D eigenvalue weighted by Crippen LogP contribution is 2.39. The van der Waals surface area contributed by atoms with Gasteiger partial charge in [0.15, 0.2) is 16.6 Å². The third kappa shape index (κ3) is 7.55. The van der Waals surface area contributed by atoms with E-state index in [4.69, 9.17) is 13.6 Å². The van der Waals surface area contributed by atoms with E-state index < -0.39 is 40.5 Å². The minimum Gasteiger partial charge on any atom is -0.444 e. The Balaban J connectivity index is 3.09. The molecule has 0 spiro atoms. The van der Waals surface area contributed by atoms with Gasteiger partial charge in [-0.1, -0.05) is 41.5 Å². The highest BCUT2D eigenvalue weighted by Gasteiger charge is 2.48. The van der Waals surface area contributed by atoms with Crippen LogP contribution in [0.15, 0.2) is 0 Å². The van der Waals surface area contributed by atoms with Crippen molar-refractivity contribution in [2.24, 2.45) is 0 Å². The predicted octanol–water partition coefficient (Wildman–Crippen LogP) is 5.77. The van der Waals surface area contributed by atoms with Crippen LogP contribution >= 0.6 is 0 Å². The molecule has 0 aromatic heterocycles. The molecular weight excluding hydrogens is 426 g/mol. The number of aliphatic hydroxyl groups excluding tert-OH is 1. The first-order chi connectivity index (χ1) is 13.6. The van der Waals surface area contributed by atoms with E-state index in [-0.39, 0.29) is 16.1 Å². The van der Waals surface area contributed by atoms with Gasteiger partial charge in [0.05, 0.1) is 31.4 Å². The van der Waals surface area contributed by atoms with Crippen molar-refractivity contribution < 1.29 is 23.5 Å². The number of hydrogen-bond donors (Lipinski definition) is 1. The van der Waals surface area contributed by atoms with Crippen molar-refractivity contribution in [1.29, 1.82) is 0 Å². The van der Waals surface area contributed by atoms with Crippen LogP contribution in [0.3, 0.4) is 0 Å². The molecule has 1 saturated heterocycles. The van der Waals surface area contributed by atoms with E-state index in [0.29, 0.717) is 19.6 Å². The standard InChI is InChI=1S/C23H49NO5Si2/c1-21(2,3)29-20(26)24-17(15-27-30(10,11)22(4,5)6)14-19(25)18(24)16-28-31(12,13)23(7,8)9/h17-19,25H,14-16H2,1-13H3/t17-,18-,19?/m1/s1. The van der Waals surface area contributed by atoms with E-state index in [0.717, 1.165) is 0 Å². The third-order valence-electron chi connectivity index (χ3n) is 7.18. The van der Waals surface area contributed by atoms with E-state index in [1.807, 2.05) is 20.8 Å². The van der Waals surface area contributed by atoms with Crippen molar-refractivity contribution in [3.05, 3.63) is 0 Å². The lowest BCUT2D eigenvalue weighted by Gasteiger charge is -2.40. The Morgan fingerprint density at radius 2 is 1.29 bits per heavy atom. The molecule has 0 bridgehead atoms. The molecule has 1 heterocycles. The number of carbonyl (C=O) groups excluding carboxylic acids is 1. The molecule has 0 radical (unpaired) electrons. The van der Waals surface area contributed by atoms with E-state index in [2.05, 4.69) is 67.7 Å². The van der Waals surface area contributed by atoms with Gasteiger partial charge < -0.3 is 18.7 Å². The molecule has 1 unspecified atom stereocenters. The van der Waals surface area contributed by atoms with Gasteiger partial charge in [-0.3, -0.25) is 4.90 Å². The van der Waals surface area contributed by atoms with Gasteiger partial charge in [0.1, 0.15) is 5.60 Å². The molecule has 1 aliphatic rings. The second-order valence-corrected chi connectivity index (χ2v) is 22.7. The van der Waals surface area contributed by atoms with Crippen LogP contribution in [-0.4, -0.2) is 69.7 Å². The van der Waals surface area contributed by atoms with Crippen molar-refractivity contribution in [2.75, 3.05) is 13.2 Å². The lowest BCUT2D eigenvalue weighted by Crippen LogP contribution is -2.52. The van der Waals surface area contributed by atoms with E-state index in [1.54, 1.807) is 4.90 Å². The van der Waals surface area contributed by atoms with Crippen LogP contribution in [0.5, 0.6) is 0 Å². The number of rotatable bonds is 6. The normalized spacial score (nSPS) is 23.9. The molecule has 6 nitrogen and oxygen atoms in total. The fourth-order valence-corrected chi connectivity index (χ4v) is 5.04. The van der Waals surface area contributed by atoms with E-state index in [9.17, 15) is 9.90 Å². The smallest absolute Gasteiger partial charge is 0.411 e. The first-order valence-corrected chi connectivity index (χ1v) is 17.4. The Morgan fingerprint density at radius 3 is 1.68 bits per heavy atom. The Bertz CT molecular complexity index is 617. The van der Waals surface area contributed by atoms with Gasteiger partial charge in [-0.15, -0.1) is 0 Å². The molecule has 8 heteroatoms. The molecule has 1 fully saturated rings. The number of carbonyl (C=O) groups is 1. The monoisotopic (exact) mass is 475 g/mol. The van der Waals surface area contributed by atoms with Crippen LogP contribution in [-0.2, 0) is 13.6 Å². The molecule has 31 heavy (non-hydrogen) atoms. The Kier molecular flexibility index (Phi) is 8.72. The van der Waals surface area contributed by atoms with E-state index in [1.165, 1.54) is 0 Å². The molecule has 0 saturated carbocycles. The lowest BCUT2D eigenvalue weighted by atomic mass is 10.1. The maximum atomic E-state index is 13.2. The van der Waals surface area contributed by atoms with Crippen molar-refractivity contribution in [3.8, 4) is 0 Å². The van der Waals surface area contributed by atoms with Crippen molar-refractivity contribution in [3.63, 3.8) is 0 Å². The van der Waals surface area contributed by atoms with Crippen LogP contribution in [0.1, 0.15) is 68.7 Å².